The van der Waals surface area contributed by atoms with Gasteiger partial charge in [0.15, 0.2) is 16.6 Å². The van der Waals surface area contributed by atoms with Crippen LogP contribution < -0.4 is 19.5 Å². The average Bonchev–Trinajstić information content (AvgIpc) is 3.20. The van der Waals surface area contributed by atoms with Crippen molar-refractivity contribution in [1.82, 2.24) is 4.98 Å². The van der Waals surface area contributed by atoms with Crippen molar-refractivity contribution < 1.29 is 23.7 Å². The van der Waals surface area contributed by atoms with Crippen LogP contribution in [0, 0.1) is 6.92 Å². The lowest BCUT2D eigenvalue weighted by Gasteiger charge is -2.21. The van der Waals surface area contributed by atoms with E-state index in [-0.39, 0.29) is 6.61 Å². The van der Waals surface area contributed by atoms with Crippen LogP contribution in [-0.4, -0.2) is 31.3 Å². The Labute approximate surface area is 172 Å². The van der Waals surface area contributed by atoms with Crippen molar-refractivity contribution in [1.29, 1.82) is 0 Å². The molecule has 0 fully saturated rings. The summed E-state index contributed by atoms with van der Waals surface area (Å²) >= 11 is 1.45. The Morgan fingerprint density at radius 2 is 2.00 bits per heavy atom. The van der Waals surface area contributed by atoms with E-state index in [4.69, 9.17) is 18.9 Å². The molecule has 1 N–H and O–H groups in total. The summed E-state index contributed by atoms with van der Waals surface area (Å²) in [5.41, 5.74) is 3.15. The van der Waals surface area contributed by atoms with Crippen molar-refractivity contribution in [2.45, 2.75) is 13.5 Å². The molecule has 3 aromatic rings. The van der Waals surface area contributed by atoms with Crippen molar-refractivity contribution >= 4 is 28.1 Å². The largest absolute Gasteiger partial charge is 0.493 e. The van der Waals surface area contributed by atoms with Gasteiger partial charge in [-0.15, -0.1) is 11.3 Å². The number of carbonyl (C=O) groups is 1. The third-order valence-electron chi connectivity index (χ3n) is 4.27. The number of anilines is 2. The fraction of sp³-hybridized carbons (Fsp3) is 0.238. The van der Waals surface area contributed by atoms with Crippen LogP contribution in [0.4, 0.5) is 10.8 Å². The van der Waals surface area contributed by atoms with E-state index in [0.29, 0.717) is 41.7 Å². The van der Waals surface area contributed by atoms with E-state index in [0.717, 1.165) is 10.8 Å². The minimum Gasteiger partial charge on any atom is -0.493 e. The lowest BCUT2D eigenvalue weighted by molar-refractivity contribution is 0.0467. The lowest BCUT2D eigenvalue weighted by atomic mass is 10.1. The fourth-order valence-electron chi connectivity index (χ4n) is 2.80. The molecular weight excluding hydrogens is 392 g/mol. The molecule has 0 spiro atoms. The highest BCUT2D eigenvalue weighted by atomic mass is 32.1. The number of nitrogens with zero attached hydrogens (tertiary/aromatic N) is 1. The summed E-state index contributed by atoms with van der Waals surface area (Å²) < 4.78 is 21.8. The number of hydrogen-bond acceptors (Lipinski definition) is 8. The fourth-order valence-corrected chi connectivity index (χ4v) is 3.52. The average molecular weight is 412 g/mol. The molecule has 0 amide bonds. The summed E-state index contributed by atoms with van der Waals surface area (Å²) in [7, 11) is 1.51. The van der Waals surface area contributed by atoms with Crippen LogP contribution in [0.25, 0.3) is 0 Å². The number of benzene rings is 2. The summed E-state index contributed by atoms with van der Waals surface area (Å²) in [6.07, 6.45) is 0. The van der Waals surface area contributed by atoms with Gasteiger partial charge in [-0.2, -0.15) is 0 Å². The first-order chi connectivity index (χ1) is 14.1. The highest BCUT2D eigenvalue weighted by Crippen LogP contribution is 2.40. The third kappa shape index (κ3) is 4.43. The van der Waals surface area contributed by atoms with E-state index in [9.17, 15) is 4.79 Å². The molecule has 150 valence electrons. The number of fused-ring (bicyclic) bond motifs is 1. The van der Waals surface area contributed by atoms with Gasteiger partial charge in [-0.1, -0.05) is 17.7 Å². The monoisotopic (exact) mass is 412 g/mol. The van der Waals surface area contributed by atoms with Crippen molar-refractivity contribution in [2.75, 3.05) is 25.6 Å². The SMILES string of the molecule is COc1cc(C(=O)OCc2csc(Nc3ccc(C)cc3)n2)cc2c1OCCO2. The van der Waals surface area contributed by atoms with Gasteiger partial charge in [0.05, 0.1) is 18.4 Å². The van der Waals surface area contributed by atoms with Crippen molar-refractivity contribution in [3.8, 4) is 17.2 Å². The first-order valence-corrected chi connectivity index (χ1v) is 9.93. The number of methoxy groups -OCH3 is 1. The van der Waals surface area contributed by atoms with E-state index >= 15 is 0 Å². The van der Waals surface area contributed by atoms with Gasteiger partial charge in [0.1, 0.15) is 19.8 Å². The number of carbonyl (C=O) groups excluding carboxylic acids is 1. The smallest absolute Gasteiger partial charge is 0.338 e. The summed E-state index contributed by atoms with van der Waals surface area (Å²) in [6, 6.07) is 11.2. The second-order valence-electron chi connectivity index (χ2n) is 6.41. The topological polar surface area (TPSA) is 78.9 Å². The Morgan fingerprint density at radius 3 is 2.79 bits per heavy atom. The molecule has 0 saturated heterocycles. The standard InChI is InChI=1S/C21H20N2O5S/c1-13-3-5-15(6-4-13)22-21-23-16(12-29-21)11-28-20(24)14-9-17(25-2)19-18(10-14)26-7-8-27-19/h3-6,9-10,12H,7-8,11H2,1-2H3,(H,22,23). The molecule has 7 nitrogen and oxygen atoms in total. The molecule has 1 aliphatic heterocycles. The number of ether oxygens (including phenoxy) is 4. The maximum absolute atomic E-state index is 12.5. The number of nitrogens with one attached hydrogen (secondary N) is 1. The predicted octanol–water partition coefficient (Wildman–Crippen LogP) is 4.33. The number of aryl methyl sites for hydroxylation is 1. The Balaban J connectivity index is 1.40. The molecule has 2 aromatic carbocycles. The quantitative estimate of drug-likeness (QED) is 0.604. The molecular formula is C21H20N2O5S. The predicted molar refractivity (Wildman–Crippen MR) is 110 cm³/mol. The Kier molecular flexibility index (Phi) is 5.53. The molecule has 8 heteroatoms. The van der Waals surface area contributed by atoms with Crippen molar-refractivity contribution in [2.24, 2.45) is 0 Å². The maximum atomic E-state index is 12.5. The van der Waals surface area contributed by atoms with E-state index < -0.39 is 5.97 Å². The molecule has 29 heavy (non-hydrogen) atoms. The minimum absolute atomic E-state index is 0.0711. The number of esters is 1. The summed E-state index contributed by atoms with van der Waals surface area (Å²) in [5.74, 6) is 0.927. The molecule has 4 rings (SSSR count). The number of thiazole rings is 1. The third-order valence-corrected chi connectivity index (χ3v) is 5.08. The molecule has 0 aliphatic carbocycles. The molecule has 1 aliphatic rings. The number of hydrogen-bond donors (Lipinski definition) is 1. The van der Waals surface area contributed by atoms with Crippen LogP contribution in [0.15, 0.2) is 41.8 Å². The van der Waals surface area contributed by atoms with Gasteiger partial charge in [0.2, 0.25) is 5.75 Å². The number of aromatic nitrogens is 1. The van der Waals surface area contributed by atoms with Crippen molar-refractivity contribution in [3.63, 3.8) is 0 Å². The van der Waals surface area contributed by atoms with Gasteiger partial charge in [0.25, 0.3) is 0 Å². The molecule has 0 saturated carbocycles. The molecule has 0 radical (unpaired) electrons. The van der Waals surface area contributed by atoms with Crippen LogP contribution in [0.3, 0.4) is 0 Å². The molecule has 0 atom stereocenters. The van der Waals surface area contributed by atoms with Gasteiger partial charge < -0.3 is 24.3 Å². The van der Waals surface area contributed by atoms with Crippen LogP contribution in [-0.2, 0) is 11.3 Å². The second kappa shape index (κ2) is 8.40. The van der Waals surface area contributed by atoms with E-state index in [1.54, 1.807) is 12.1 Å². The van der Waals surface area contributed by atoms with Gasteiger partial charge in [-0.3, -0.25) is 0 Å². The molecule has 0 bridgehead atoms. The zero-order valence-corrected chi connectivity index (χ0v) is 16.9. The highest BCUT2D eigenvalue weighted by Gasteiger charge is 2.21. The summed E-state index contributed by atoms with van der Waals surface area (Å²) in [5, 5.41) is 5.83. The Hall–Kier alpha value is -3.26. The van der Waals surface area contributed by atoms with Crippen LogP contribution in [0.1, 0.15) is 21.6 Å². The zero-order valence-electron chi connectivity index (χ0n) is 16.1. The summed E-state index contributed by atoms with van der Waals surface area (Å²) in [4.78, 5) is 16.9. The molecule has 0 unspecified atom stereocenters. The van der Waals surface area contributed by atoms with Crippen molar-refractivity contribution in [3.05, 3.63) is 58.6 Å². The second-order valence-corrected chi connectivity index (χ2v) is 7.27. The minimum atomic E-state index is -0.485. The normalized spacial score (nSPS) is 12.3. The first kappa shape index (κ1) is 19.1. The Bertz CT molecular complexity index is 999. The van der Waals surface area contributed by atoms with E-state index in [2.05, 4.69) is 10.3 Å². The lowest BCUT2D eigenvalue weighted by Crippen LogP contribution is -2.17. The van der Waals surface area contributed by atoms with E-state index in [1.807, 2.05) is 36.6 Å². The van der Waals surface area contributed by atoms with Gasteiger partial charge in [-0.05, 0) is 31.2 Å². The van der Waals surface area contributed by atoms with Gasteiger partial charge >= 0.3 is 5.97 Å². The maximum Gasteiger partial charge on any atom is 0.338 e. The first-order valence-electron chi connectivity index (χ1n) is 9.05. The number of rotatable bonds is 6. The molecule has 1 aromatic heterocycles. The van der Waals surface area contributed by atoms with E-state index in [1.165, 1.54) is 24.0 Å². The van der Waals surface area contributed by atoms with Crippen LogP contribution in [0.5, 0.6) is 17.2 Å². The van der Waals surface area contributed by atoms with Crippen LogP contribution >= 0.6 is 11.3 Å². The zero-order chi connectivity index (χ0) is 20.2. The van der Waals surface area contributed by atoms with Crippen LogP contribution in [0.2, 0.25) is 0 Å². The summed E-state index contributed by atoms with van der Waals surface area (Å²) in [6.45, 7) is 2.97. The molecule has 2 heterocycles. The van der Waals surface area contributed by atoms with Gasteiger partial charge in [-0.25, -0.2) is 9.78 Å². The van der Waals surface area contributed by atoms with Gasteiger partial charge in [0, 0.05) is 11.1 Å². The Morgan fingerprint density at radius 1 is 1.21 bits per heavy atom. The highest BCUT2D eigenvalue weighted by molar-refractivity contribution is 7.13.